The first-order chi connectivity index (χ1) is 12.8. The molecule has 0 atom stereocenters. The van der Waals surface area contributed by atoms with Gasteiger partial charge in [-0.1, -0.05) is 12.1 Å². The van der Waals surface area contributed by atoms with Crippen LogP contribution >= 0.6 is 0 Å². The van der Waals surface area contributed by atoms with E-state index in [4.69, 9.17) is 9.47 Å². The van der Waals surface area contributed by atoms with Gasteiger partial charge in [-0.05, 0) is 25.0 Å². The van der Waals surface area contributed by atoms with Crippen LogP contribution in [0.4, 0.5) is 10.1 Å². The summed E-state index contributed by atoms with van der Waals surface area (Å²) < 4.78 is 24.3. The molecule has 0 radical (unpaired) electrons. The molecule has 0 aromatic heterocycles. The zero-order valence-corrected chi connectivity index (χ0v) is 15.9. The average molecular weight is 366 g/mol. The minimum Gasteiger partial charge on any atom is -0.382 e. The van der Waals surface area contributed by atoms with Gasteiger partial charge in [0.25, 0.3) is 0 Å². The highest BCUT2D eigenvalue weighted by Crippen LogP contribution is 2.20. The van der Waals surface area contributed by atoms with E-state index >= 15 is 0 Å². The van der Waals surface area contributed by atoms with Crippen molar-refractivity contribution in [3.05, 3.63) is 30.1 Å². The van der Waals surface area contributed by atoms with Gasteiger partial charge in [-0.3, -0.25) is 4.99 Å². The number of aliphatic imine (C=N–C) groups is 1. The average Bonchev–Trinajstić information content (AvgIpc) is 2.68. The summed E-state index contributed by atoms with van der Waals surface area (Å²) in [6, 6.07) is 6.96. The van der Waals surface area contributed by atoms with Gasteiger partial charge in [0.05, 0.1) is 18.9 Å². The predicted molar refractivity (Wildman–Crippen MR) is 103 cm³/mol. The van der Waals surface area contributed by atoms with Crippen molar-refractivity contribution in [2.45, 2.75) is 12.8 Å². The smallest absolute Gasteiger partial charge is 0.193 e. The monoisotopic (exact) mass is 366 g/mol. The standard InChI is InChI=1S/C19H31FN4O2/c1-21-19(22-9-5-6-14-26-16-15-25-2)24-12-10-23(11-13-24)18-8-4-3-7-17(18)20/h3-4,7-8H,5-6,9-16H2,1-2H3,(H,21,22). The van der Waals surface area contributed by atoms with Gasteiger partial charge in [-0.2, -0.15) is 0 Å². The fraction of sp³-hybridized carbons (Fsp3) is 0.632. The summed E-state index contributed by atoms with van der Waals surface area (Å²) in [6.07, 6.45) is 2.04. The normalized spacial score (nSPS) is 15.4. The Morgan fingerprint density at radius 3 is 2.58 bits per heavy atom. The van der Waals surface area contributed by atoms with Crippen LogP contribution in [0.15, 0.2) is 29.3 Å². The van der Waals surface area contributed by atoms with Crippen molar-refractivity contribution < 1.29 is 13.9 Å². The van der Waals surface area contributed by atoms with Crippen LogP contribution in [0.3, 0.4) is 0 Å². The Morgan fingerprint density at radius 2 is 1.88 bits per heavy atom. The van der Waals surface area contributed by atoms with Gasteiger partial charge < -0.3 is 24.6 Å². The van der Waals surface area contributed by atoms with Crippen molar-refractivity contribution in [1.29, 1.82) is 0 Å². The zero-order valence-electron chi connectivity index (χ0n) is 15.9. The lowest BCUT2D eigenvalue weighted by Crippen LogP contribution is -2.52. The van der Waals surface area contributed by atoms with Crippen LogP contribution in [-0.4, -0.2) is 77.6 Å². The lowest BCUT2D eigenvalue weighted by Gasteiger charge is -2.37. The second-order valence-corrected chi connectivity index (χ2v) is 6.21. The van der Waals surface area contributed by atoms with Gasteiger partial charge in [0.2, 0.25) is 0 Å². The number of nitrogens with one attached hydrogen (secondary N) is 1. The van der Waals surface area contributed by atoms with E-state index in [0.29, 0.717) is 18.9 Å². The molecule has 1 aromatic carbocycles. The molecule has 1 fully saturated rings. The molecule has 1 saturated heterocycles. The number of guanidine groups is 1. The maximum atomic E-state index is 13.9. The molecule has 1 aliphatic rings. The summed E-state index contributed by atoms with van der Waals surface area (Å²) in [6.45, 7) is 6.15. The van der Waals surface area contributed by atoms with E-state index in [0.717, 1.165) is 58.1 Å². The van der Waals surface area contributed by atoms with E-state index < -0.39 is 0 Å². The third-order valence-electron chi connectivity index (χ3n) is 4.41. The van der Waals surface area contributed by atoms with E-state index in [1.165, 1.54) is 6.07 Å². The highest BCUT2D eigenvalue weighted by Gasteiger charge is 2.21. The summed E-state index contributed by atoms with van der Waals surface area (Å²) in [5.41, 5.74) is 0.684. The highest BCUT2D eigenvalue weighted by atomic mass is 19.1. The first-order valence-corrected chi connectivity index (χ1v) is 9.28. The largest absolute Gasteiger partial charge is 0.382 e. The van der Waals surface area contributed by atoms with Gasteiger partial charge >= 0.3 is 0 Å². The molecule has 1 aliphatic heterocycles. The minimum absolute atomic E-state index is 0.156. The number of hydrogen-bond donors (Lipinski definition) is 1. The predicted octanol–water partition coefficient (Wildman–Crippen LogP) is 1.97. The molecule has 6 nitrogen and oxygen atoms in total. The van der Waals surface area contributed by atoms with Crippen LogP contribution in [0, 0.1) is 5.82 Å². The van der Waals surface area contributed by atoms with Crippen LogP contribution in [0.25, 0.3) is 0 Å². The summed E-state index contributed by atoms with van der Waals surface area (Å²) in [5.74, 6) is 0.759. The van der Waals surface area contributed by atoms with Crippen molar-refractivity contribution in [2.24, 2.45) is 4.99 Å². The Balaban J connectivity index is 1.66. The second-order valence-electron chi connectivity index (χ2n) is 6.21. The third kappa shape index (κ3) is 6.46. The van der Waals surface area contributed by atoms with Crippen LogP contribution < -0.4 is 10.2 Å². The molecule has 0 aliphatic carbocycles. The first kappa shape index (κ1) is 20.5. The fourth-order valence-corrected chi connectivity index (χ4v) is 2.97. The number of unbranched alkanes of at least 4 members (excludes halogenated alkanes) is 1. The maximum Gasteiger partial charge on any atom is 0.193 e. The van der Waals surface area contributed by atoms with Gasteiger partial charge in [-0.15, -0.1) is 0 Å². The number of methoxy groups -OCH3 is 1. The molecule has 1 N–H and O–H groups in total. The van der Waals surface area contributed by atoms with Crippen molar-refractivity contribution in [1.82, 2.24) is 10.2 Å². The Hall–Kier alpha value is -1.86. The number of para-hydroxylation sites is 1. The van der Waals surface area contributed by atoms with E-state index in [9.17, 15) is 4.39 Å². The molecule has 0 spiro atoms. The number of ether oxygens (including phenoxy) is 2. The van der Waals surface area contributed by atoms with E-state index in [1.54, 1.807) is 20.2 Å². The van der Waals surface area contributed by atoms with Crippen molar-refractivity contribution in [2.75, 3.05) is 71.6 Å². The van der Waals surface area contributed by atoms with E-state index in [2.05, 4.69) is 20.1 Å². The molecule has 0 unspecified atom stereocenters. The SMILES string of the molecule is CN=C(NCCCCOCCOC)N1CCN(c2ccccc2F)CC1. The Labute approximate surface area is 156 Å². The van der Waals surface area contributed by atoms with Gasteiger partial charge in [-0.25, -0.2) is 4.39 Å². The number of halogens is 1. The molecule has 7 heteroatoms. The quantitative estimate of drug-likeness (QED) is 0.411. The van der Waals surface area contributed by atoms with Crippen LogP contribution in [0.1, 0.15) is 12.8 Å². The molecule has 26 heavy (non-hydrogen) atoms. The first-order valence-electron chi connectivity index (χ1n) is 9.28. The molecule has 0 bridgehead atoms. The summed E-state index contributed by atoms with van der Waals surface area (Å²) in [7, 11) is 3.48. The maximum absolute atomic E-state index is 13.9. The molecule has 0 saturated carbocycles. The lowest BCUT2D eigenvalue weighted by atomic mass is 10.2. The van der Waals surface area contributed by atoms with Gasteiger partial charge in [0, 0.05) is 53.5 Å². The summed E-state index contributed by atoms with van der Waals surface area (Å²) in [5, 5.41) is 3.41. The number of rotatable bonds is 9. The number of benzene rings is 1. The van der Waals surface area contributed by atoms with Gasteiger partial charge in [0.15, 0.2) is 5.96 Å². The number of hydrogen-bond acceptors (Lipinski definition) is 4. The molecule has 2 rings (SSSR count). The topological polar surface area (TPSA) is 49.3 Å². The number of nitrogens with zero attached hydrogens (tertiary/aromatic N) is 3. The van der Waals surface area contributed by atoms with Gasteiger partial charge in [0.1, 0.15) is 5.82 Å². The Morgan fingerprint density at radius 1 is 1.12 bits per heavy atom. The van der Waals surface area contributed by atoms with Crippen LogP contribution in [0.5, 0.6) is 0 Å². The van der Waals surface area contributed by atoms with Crippen LogP contribution in [0.2, 0.25) is 0 Å². The second kappa shape index (κ2) is 11.7. The van der Waals surface area contributed by atoms with Crippen molar-refractivity contribution >= 4 is 11.6 Å². The molecule has 1 aromatic rings. The fourth-order valence-electron chi connectivity index (χ4n) is 2.97. The van der Waals surface area contributed by atoms with Crippen molar-refractivity contribution in [3.63, 3.8) is 0 Å². The van der Waals surface area contributed by atoms with Crippen molar-refractivity contribution in [3.8, 4) is 0 Å². The highest BCUT2D eigenvalue weighted by molar-refractivity contribution is 5.80. The minimum atomic E-state index is -0.156. The molecular formula is C19H31FN4O2. The van der Waals surface area contributed by atoms with E-state index in [1.807, 2.05) is 12.1 Å². The number of piperazine rings is 1. The molecular weight excluding hydrogens is 335 g/mol. The lowest BCUT2D eigenvalue weighted by molar-refractivity contribution is 0.0689. The van der Waals surface area contributed by atoms with Crippen LogP contribution in [-0.2, 0) is 9.47 Å². The zero-order chi connectivity index (χ0) is 18.6. The molecule has 146 valence electrons. The molecule has 1 heterocycles. The Kier molecular flexibility index (Phi) is 9.20. The molecule has 0 amide bonds. The summed E-state index contributed by atoms with van der Waals surface area (Å²) in [4.78, 5) is 8.70. The van der Waals surface area contributed by atoms with E-state index in [-0.39, 0.29) is 5.82 Å². The summed E-state index contributed by atoms with van der Waals surface area (Å²) >= 11 is 0. The Bertz CT molecular complexity index is 548. The number of anilines is 1. The third-order valence-corrected chi connectivity index (χ3v) is 4.41.